The lowest BCUT2D eigenvalue weighted by atomic mass is 9.88. The second kappa shape index (κ2) is 10.8. The van der Waals surface area contributed by atoms with E-state index in [2.05, 4.69) is 60.2 Å². The fourth-order valence-corrected chi connectivity index (χ4v) is 5.42. The van der Waals surface area contributed by atoms with Gasteiger partial charge in [-0.25, -0.2) is 0 Å². The maximum Gasteiger partial charge on any atom is 0.230 e. The van der Waals surface area contributed by atoms with Crippen LogP contribution in [0.2, 0.25) is 0 Å². The van der Waals surface area contributed by atoms with E-state index in [4.69, 9.17) is 4.42 Å². The fourth-order valence-electron chi connectivity index (χ4n) is 4.66. The van der Waals surface area contributed by atoms with Gasteiger partial charge in [0.15, 0.2) is 10.9 Å². The summed E-state index contributed by atoms with van der Waals surface area (Å²) in [7, 11) is 0. The molecule has 0 aliphatic carbocycles. The molecule has 182 valence electrons. The van der Waals surface area contributed by atoms with E-state index in [0.717, 1.165) is 18.7 Å². The van der Waals surface area contributed by atoms with Crippen molar-refractivity contribution in [2.45, 2.75) is 51.4 Å². The summed E-state index contributed by atoms with van der Waals surface area (Å²) in [6.45, 7) is 12.5. The van der Waals surface area contributed by atoms with Crippen LogP contribution in [0.4, 0.5) is 0 Å². The molecule has 1 N–H and O–H groups in total. The molecule has 1 aromatic carbocycles. The van der Waals surface area contributed by atoms with Crippen LogP contribution in [0.3, 0.4) is 0 Å². The third-order valence-electron chi connectivity index (χ3n) is 6.42. The Morgan fingerprint density at radius 2 is 1.85 bits per heavy atom. The third kappa shape index (κ3) is 6.10. The van der Waals surface area contributed by atoms with Crippen LogP contribution >= 0.6 is 11.8 Å². The summed E-state index contributed by atoms with van der Waals surface area (Å²) in [6, 6.07) is 13.9. The molecule has 8 heteroatoms. The van der Waals surface area contributed by atoms with E-state index in [-0.39, 0.29) is 17.2 Å². The molecule has 1 saturated heterocycles. The van der Waals surface area contributed by atoms with Gasteiger partial charge in [-0.1, -0.05) is 55.9 Å². The lowest BCUT2D eigenvalue weighted by Gasteiger charge is -2.45. The van der Waals surface area contributed by atoms with Crippen LogP contribution in [0, 0.1) is 11.8 Å². The number of hydrogen-bond acceptors (Lipinski definition) is 6. The van der Waals surface area contributed by atoms with E-state index in [1.807, 2.05) is 34.9 Å². The smallest absolute Gasteiger partial charge is 0.230 e. The molecule has 3 aromatic rings. The first-order valence-electron chi connectivity index (χ1n) is 12.0. The molecule has 1 amide bonds. The quantitative estimate of drug-likeness (QED) is 0.452. The number of piperidine rings is 1. The number of hydrogen-bond donors (Lipinski definition) is 1. The van der Waals surface area contributed by atoms with Crippen molar-refractivity contribution in [3.05, 3.63) is 54.3 Å². The van der Waals surface area contributed by atoms with Crippen molar-refractivity contribution in [3.8, 4) is 11.6 Å². The van der Waals surface area contributed by atoms with Gasteiger partial charge in [-0.15, -0.1) is 10.2 Å². The number of carbonyl (C=O) groups is 1. The van der Waals surface area contributed by atoms with E-state index in [1.165, 1.54) is 18.2 Å². The molecule has 2 unspecified atom stereocenters. The van der Waals surface area contributed by atoms with Gasteiger partial charge in [0, 0.05) is 25.2 Å². The molecule has 3 heterocycles. The first-order chi connectivity index (χ1) is 16.3. The monoisotopic (exact) mass is 481 g/mol. The molecule has 2 atom stereocenters. The number of amides is 1. The van der Waals surface area contributed by atoms with Gasteiger partial charge >= 0.3 is 0 Å². The van der Waals surface area contributed by atoms with Crippen LogP contribution < -0.4 is 5.32 Å². The zero-order chi connectivity index (χ0) is 24.1. The Morgan fingerprint density at radius 1 is 1.12 bits per heavy atom. The molecule has 1 aliphatic rings. The number of furan rings is 1. The molecule has 0 bridgehead atoms. The van der Waals surface area contributed by atoms with Gasteiger partial charge in [-0.2, -0.15) is 0 Å². The van der Waals surface area contributed by atoms with Gasteiger partial charge in [0.2, 0.25) is 11.7 Å². The second-order valence-corrected chi connectivity index (χ2v) is 11.0. The molecule has 0 saturated carbocycles. The number of likely N-dealkylation sites (tertiary alicyclic amines) is 1. The van der Waals surface area contributed by atoms with E-state index < -0.39 is 0 Å². The van der Waals surface area contributed by atoms with Gasteiger partial charge in [-0.05, 0) is 49.8 Å². The standard InChI is InChI=1S/C26H35N5O2S/c1-19-13-20(2)15-30(14-19)26(3,4)18-27-23(32)17-34-25-29-28-24(22-11-8-12-33-22)31(25)16-21-9-6-5-7-10-21/h5-12,19-20H,13-18H2,1-4H3,(H,27,32). The molecule has 1 fully saturated rings. The van der Waals surface area contributed by atoms with Crippen molar-refractivity contribution in [1.29, 1.82) is 0 Å². The highest BCUT2D eigenvalue weighted by atomic mass is 32.2. The van der Waals surface area contributed by atoms with Crippen molar-refractivity contribution in [2.24, 2.45) is 11.8 Å². The zero-order valence-electron chi connectivity index (χ0n) is 20.5. The van der Waals surface area contributed by atoms with E-state index in [1.54, 1.807) is 6.26 Å². The topological polar surface area (TPSA) is 76.2 Å². The number of carbonyl (C=O) groups excluding carboxylic acids is 1. The predicted octanol–water partition coefficient (Wildman–Crippen LogP) is 4.55. The number of benzene rings is 1. The molecule has 4 rings (SSSR count). The minimum atomic E-state index is -0.0803. The summed E-state index contributed by atoms with van der Waals surface area (Å²) >= 11 is 1.40. The number of nitrogens with one attached hydrogen (secondary N) is 1. The highest BCUT2D eigenvalue weighted by molar-refractivity contribution is 7.99. The number of rotatable bonds is 9. The maximum atomic E-state index is 12.8. The van der Waals surface area contributed by atoms with Crippen LogP contribution in [0.25, 0.3) is 11.6 Å². The van der Waals surface area contributed by atoms with E-state index >= 15 is 0 Å². The number of aromatic nitrogens is 3. The molecule has 7 nitrogen and oxygen atoms in total. The summed E-state index contributed by atoms with van der Waals surface area (Å²) in [5.41, 5.74) is 1.05. The average molecular weight is 482 g/mol. The molecule has 2 aromatic heterocycles. The van der Waals surface area contributed by atoms with Crippen LogP contribution in [-0.2, 0) is 11.3 Å². The van der Waals surface area contributed by atoms with Crippen molar-refractivity contribution >= 4 is 17.7 Å². The summed E-state index contributed by atoms with van der Waals surface area (Å²) in [5, 5.41) is 12.6. The normalized spacial score (nSPS) is 19.3. The molecule has 34 heavy (non-hydrogen) atoms. The Balaban J connectivity index is 1.38. The van der Waals surface area contributed by atoms with Gasteiger partial charge in [0.05, 0.1) is 18.6 Å². The Morgan fingerprint density at radius 3 is 2.53 bits per heavy atom. The largest absolute Gasteiger partial charge is 0.461 e. The fraction of sp³-hybridized carbons (Fsp3) is 0.500. The second-order valence-electron chi connectivity index (χ2n) is 10.1. The lowest BCUT2D eigenvalue weighted by Crippen LogP contribution is -2.56. The lowest BCUT2D eigenvalue weighted by molar-refractivity contribution is -0.119. The Kier molecular flexibility index (Phi) is 7.78. The minimum absolute atomic E-state index is 0.00462. The number of nitrogens with zero attached hydrogens (tertiary/aromatic N) is 4. The highest BCUT2D eigenvalue weighted by Crippen LogP contribution is 2.28. The first kappa shape index (κ1) is 24.5. The van der Waals surface area contributed by atoms with Crippen molar-refractivity contribution in [1.82, 2.24) is 25.0 Å². The first-order valence-corrected chi connectivity index (χ1v) is 13.0. The maximum absolute atomic E-state index is 12.8. The summed E-state index contributed by atoms with van der Waals surface area (Å²) < 4.78 is 7.58. The van der Waals surface area contributed by atoms with Gasteiger partial charge in [0.25, 0.3) is 0 Å². The van der Waals surface area contributed by atoms with Gasteiger partial charge in [0.1, 0.15) is 0 Å². The van der Waals surface area contributed by atoms with Gasteiger partial charge in [-0.3, -0.25) is 14.3 Å². The third-order valence-corrected chi connectivity index (χ3v) is 7.38. The Bertz CT molecular complexity index is 1050. The van der Waals surface area contributed by atoms with E-state index in [9.17, 15) is 4.79 Å². The molecular formula is C26H35N5O2S. The van der Waals surface area contributed by atoms with Crippen LogP contribution in [-0.4, -0.2) is 56.5 Å². The average Bonchev–Trinajstić information content (AvgIpc) is 3.46. The van der Waals surface area contributed by atoms with Crippen LogP contribution in [0.15, 0.2) is 58.3 Å². The summed E-state index contributed by atoms with van der Waals surface area (Å²) in [6.07, 6.45) is 2.90. The van der Waals surface area contributed by atoms with Crippen LogP contribution in [0.5, 0.6) is 0 Å². The van der Waals surface area contributed by atoms with Crippen molar-refractivity contribution < 1.29 is 9.21 Å². The Hall–Kier alpha value is -2.58. The van der Waals surface area contributed by atoms with Crippen molar-refractivity contribution in [2.75, 3.05) is 25.4 Å². The van der Waals surface area contributed by atoms with Crippen molar-refractivity contribution in [3.63, 3.8) is 0 Å². The zero-order valence-corrected chi connectivity index (χ0v) is 21.3. The molecule has 0 radical (unpaired) electrons. The van der Waals surface area contributed by atoms with Crippen LogP contribution in [0.1, 0.15) is 39.7 Å². The number of thioether (sulfide) groups is 1. The van der Waals surface area contributed by atoms with Gasteiger partial charge < -0.3 is 9.73 Å². The highest BCUT2D eigenvalue weighted by Gasteiger charge is 2.33. The minimum Gasteiger partial charge on any atom is -0.461 e. The molecular weight excluding hydrogens is 446 g/mol. The predicted molar refractivity (Wildman–Crippen MR) is 136 cm³/mol. The van der Waals surface area contributed by atoms with E-state index in [0.29, 0.717) is 41.7 Å². The molecule has 1 aliphatic heterocycles. The Labute approximate surface area is 206 Å². The summed E-state index contributed by atoms with van der Waals surface area (Å²) in [5.74, 6) is 2.98. The SMILES string of the molecule is CC1CC(C)CN(C(C)(C)CNC(=O)CSc2nnc(-c3ccco3)n2Cc2ccccc2)C1. The summed E-state index contributed by atoms with van der Waals surface area (Å²) in [4.78, 5) is 15.3. The molecule has 0 spiro atoms.